The van der Waals surface area contributed by atoms with Crippen LogP contribution >= 0.6 is 15.9 Å². The van der Waals surface area contributed by atoms with Crippen molar-refractivity contribution in [3.8, 4) is 11.5 Å². The second-order valence-electron chi connectivity index (χ2n) is 13.2. The predicted molar refractivity (Wildman–Crippen MR) is 202 cm³/mol. The van der Waals surface area contributed by atoms with Crippen LogP contribution in [0.5, 0.6) is 11.5 Å². The maximum Gasteiger partial charge on any atom is 0.495 e. The summed E-state index contributed by atoms with van der Waals surface area (Å²) in [4.78, 5) is 42.4. The molecule has 0 radical (unpaired) electrons. The SMILES string of the molecule is CC(C)CCCCC(c1ccccc1)(c1ccccc1)[P+](O)(O)O.CC(C)CCCCC[P+](O)(Oc1ccccc1)Oc1ccccc1. The van der Waals surface area contributed by atoms with Gasteiger partial charge in [-0.05, 0) is 55.4 Å². The van der Waals surface area contributed by atoms with Crippen molar-refractivity contribution < 1.29 is 28.6 Å². The van der Waals surface area contributed by atoms with E-state index in [1.807, 2.05) is 121 Å². The number of hydrogen-bond donors (Lipinski definition) is 4. The van der Waals surface area contributed by atoms with Crippen molar-refractivity contribution in [3.05, 3.63) is 132 Å². The van der Waals surface area contributed by atoms with Gasteiger partial charge < -0.3 is 0 Å². The molecule has 48 heavy (non-hydrogen) atoms. The van der Waals surface area contributed by atoms with Crippen molar-refractivity contribution in [2.24, 2.45) is 11.8 Å². The van der Waals surface area contributed by atoms with E-state index in [1.165, 1.54) is 12.8 Å². The minimum absolute atomic E-state index is 0.505. The first-order chi connectivity index (χ1) is 22.9. The Hall–Kier alpha value is -2.82. The van der Waals surface area contributed by atoms with Crippen molar-refractivity contribution in [1.82, 2.24) is 0 Å². The molecule has 0 fully saturated rings. The molecule has 0 amide bonds. The normalized spacial score (nSPS) is 12.0. The zero-order valence-electron chi connectivity index (χ0n) is 29.1. The van der Waals surface area contributed by atoms with Crippen molar-refractivity contribution in [1.29, 1.82) is 0 Å². The number of para-hydroxylation sites is 2. The molecule has 0 aliphatic rings. The van der Waals surface area contributed by atoms with E-state index in [1.54, 1.807) is 0 Å². The van der Waals surface area contributed by atoms with Crippen LogP contribution in [0.2, 0.25) is 0 Å². The van der Waals surface area contributed by atoms with E-state index in [2.05, 4.69) is 27.7 Å². The maximum absolute atomic E-state index is 11.0. The molecular formula is C40H56O6P2+2. The van der Waals surface area contributed by atoms with E-state index in [0.29, 0.717) is 30.0 Å². The van der Waals surface area contributed by atoms with Gasteiger partial charge in [0.2, 0.25) is 5.16 Å². The van der Waals surface area contributed by atoms with Gasteiger partial charge in [-0.15, -0.1) is 0 Å². The zero-order valence-corrected chi connectivity index (χ0v) is 30.9. The fourth-order valence-corrected chi connectivity index (χ4v) is 8.95. The second kappa shape index (κ2) is 20.0. The van der Waals surface area contributed by atoms with E-state index in [0.717, 1.165) is 49.1 Å². The largest absolute Gasteiger partial charge is 0.495 e. The summed E-state index contributed by atoms with van der Waals surface area (Å²) >= 11 is 0. The van der Waals surface area contributed by atoms with Gasteiger partial charge in [0.05, 0.1) is 0 Å². The second-order valence-corrected chi connectivity index (χ2v) is 17.2. The predicted octanol–water partition coefficient (Wildman–Crippen LogP) is 11.0. The topological polar surface area (TPSA) is 99.4 Å². The molecule has 260 valence electrons. The van der Waals surface area contributed by atoms with Crippen LogP contribution in [0, 0.1) is 11.8 Å². The highest BCUT2D eigenvalue weighted by Gasteiger charge is 2.60. The molecule has 0 heterocycles. The minimum atomic E-state index is -4.16. The van der Waals surface area contributed by atoms with Crippen LogP contribution in [-0.2, 0) is 5.16 Å². The fraction of sp³-hybridized carbons (Fsp3) is 0.400. The lowest BCUT2D eigenvalue weighted by Crippen LogP contribution is -2.31. The summed E-state index contributed by atoms with van der Waals surface area (Å²) in [5.41, 5.74) is 1.50. The van der Waals surface area contributed by atoms with Gasteiger partial charge in [0.15, 0.2) is 17.7 Å². The number of hydrogen-bond acceptors (Lipinski definition) is 6. The van der Waals surface area contributed by atoms with Crippen LogP contribution in [-0.4, -0.2) is 25.7 Å². The Labute approximate surface area is 290 Å². The van der Waals surface area contributed by atoms with Gasteiger partial charge in [-0.3, -0.25) is 9.05 Å². The van der Waals surface area contributed by atoms with E-state index in [9.17, 15) is 19.6 Å². The molecule has 0 bridgehead atoms. The first-order valence-corrected chi connectivity index (χ1v) is 20.6. The van der Waals surface area contributed by atoms with Crippen LogP contribution in [0.25, 0.3) is 0 Å². The van der Waals surface area contributed by atoms with Crippen molar-refractivity contribution >= 4 is 15.9 Å². The molecule has 4 aromatic rings. The molecule has 0 aliphatic heterocycles. The van der Waals surface area contributed by atoms with Gasteiger partial charge >= 0.3 is 15.9 Å². The summed E-state index contributed by atoms with van der Waals surface area (Å²) in [5.74, 6) is 2.63. The van der Waals surface area contributed by atoms with Gasteiger partial charge in [0, 0.05) is 17.5 Å². The molecule has 0 atom stereocenters. The minimum Gasteiger partial charge on any atom is -0.278 e. The molecule has 0 aromatic heterocycles. The molecular weight excluding hydrogens is 638 g/mol. The lowest BCUT2D eigenvalue weighted by molar-refractivity contribution is 0.286. The van der Waals surface area contributed by atoms with Gasteiger partial charge in [0.1, 0.15) is 0 Å². The van der Waals surface area contributed by atoms with E-state index >= 15 is 0 Å². The van der Waals surface area contributed by atoms with Crippen LogP contribution in [0.3, 0.4) is 0 Å². The Kier molecular flexibility index (Phi) is 16.5. The quantitative estimate of drug-likeness (QED) is 0.0611. The molecule has 0 aliphatic carbocycles. The van der Waals surface area contributed by atoms with E-state index < -0.39 is 21.0 Å². The Balaban J connectivity index is 0.000000260. The summed E-state index contributed by atoms with van der Waals surface area (Å²) < 4.78 is 11.8. The average molecular weight is 695 g/mol. The van der Waals surface area contributed by atoms with Gasteiger partial charge in [-0.1, -0.05) is 150 Å². The van der Waals surface area contributed by atoms with E-state index in [-0.39, 0.29) is 0 Å². The lowest BCUT2D eigenvalue weighted by Gasteiger charge is -2.33. The Morgan fingerprint density at radius 2 is 0.875 bits per heavy atom. The maximum atomic E-state index is 11.0. The standard InChI is InChI=1S/2C20H28O3P/c1-18(2)12-6-5-11-17-24(21,22-19-13-7-3-8-14-19)23-20-15-9-4-10-16-20;1-17(2)11-9-10-16-20(24(21,22)23,18-12-5-3-6-13-18)19-14-7-4-8-15-19/h3-4,7-10,13-16,18,21H,5-6,11-12,17H2,1-2H3;3-8,12-15,17,21-23H,9-11,16H2,1-2H3/q2*+1. The van der Waals surface area contributed by atoms with Gasteiger partial charge in [0.25, 0.3) is 0 Å². The van der Waals surface area contributed by atoms with Crippen molar-refractivity contribution in [2.75, 3.05) is 6.16 Å². The number of rotatable bonds is 18. The molecule has 4 aromatic carbocycles. The number of benzene rings is 4. The Bertz CT molecular complexity index is 1320. The summed E-state index contributed by atoms with van der Waals surface area (Å²) in [6, 6.07) is 37.6. The summed E-state index contributed by atoms with van der Waals surface area (Å²) in [6.07, 6.45) is 8.33. The first-order valence-electron chi connectivity index (χ1n) is 17.2. The third-order valence-electron chi connectivity index (χ3n) is 8.29. The molecule has 6 nitrogen and oxygen atoms in total. The fourth-order valence-electron chi connectivity index (χ4n) is 5.76. The van der Waals surface area contributed by atoms with Crippen LogP contribution in [0.15, 0.2) is 121 Å². The monoisotopic (exact) mass is 694 g/mol. The number of unbranched alkanes of at least 4 members (excludes halogenated alkanes) is 3. The molecule has 0 spiro atoms. The highest BCUT2D eigenvalue weighted by Crippen LogP contribution is 2.68. The van der Waals surface area contributed by atoms with Gasteiger partial charge in [-0.25, -0.2) is 0 Å². The summed E-state index contributed by atoms with van der Waals surface area (Å²) in [7, 11) is -7.14. The first kappa shape index (κ1) is 39.6. The molecule has 0 unspecified atom stereocenters. The lowest BCUT2D eigenvalue weighted by atomic mass is 9.85. The molecule has 4 N–H and O–H groups in total. The smallest absolute Gasteiger partial charge is 0.278 e. The Morgan fingerprint density at radius 1 is 0.500 bits per heavy atom. The van der Waals surface area contributed by atoms with Crippen LogP contribution < -0.4 is 9.05 Å². The Morgan fingerprint density at radius 3 is 1.25 bits per heavy atom. The highest BCUT2D eigenvalue weighted by atomic mass is 31.2. The molecule has 0 saturated carbocycles. The average Bonchev–Trinajstić information content (AvgIpc) is 3.06. The molecule has 0 saturated heterocycles. The van der Waals surface area contributed by atoms with Crippen LogP contribution in [0.1, 0.15) is 90.2 Å². The van der Waals surface area contributed by atoms with Crippen LogP contribution in [0.4, 0.5) is 0 Å². The van der Waals surface area contributed by atoms with Gasteiger partial charge in [-0.2, -0.15) is 19.6 Å². The summed E-state index contributed by atoms with van der Waals surface area (Å²) in [6.45, 7) is 8.84. The van der Waals surface area contributed by atoms with Crippen molar-refractivity contribution in [3.63, 3.8) is 0 Å². The third-order valence-corrected chi connectivity index (χ3v) is 11.9. The summed E-state index contributed by atoms with van der Waals surface area (Å²) in [5, 5.41) is -1.16. The highest BCUT2D eigenvalue weighted by molar-refractivity contribution is 7.61. The van der Waals surface area contributed by atoms with Crippen molar-refractivity contribution in [2.45, 2.75) is 84.2 Å². The molecule has 4 rings (SSSR count). The van der Waals surface area contributed by atoms with E-state index in [4.69, 9.17) is 9.05 Å². The molecule has 8 heteroatoms. The zero-order chi connectivity index (χ0) is 34.9. The third kappa shape index (κ3) is 12.9.